The normalized spacial score (nSPS) is 24.5. The van der Waals surface area contributed by atoms with Gasteiger partial charge in [-0.2, -0.15) is 5.10 Å². The Morgan fingerprint density at radius 2 is 2.04 bits per heavy atom. The number of ether oxygens (including phenoxy) is 1. The second-order valence-corrected chi connectivity index (χ2v) is 7.42. The molecule has 4 rings (SSSR count). The van der Waals surface area contributed by atoms with Gasteiger partial charge in [-0.1, -0.05) is 37.3 Å². The smallest absolute Gasteiger partial charge is 0.274 e. The van der Waals surface area contributed by atoms with E-state index in [-0.39, 0.29) is 23.5 Å². The minimum absolute atomic E-state index is 0.0387. The fourth-order valence-electron chi connectivity index (χ4n) is 4.23. The lowest BCUT2D eigenvalue weighted by molar-refractivity contribution is -0.00715. The van der Waals surface area contributed by atoms with E-state index in [9.17, 15) is 4.79 Å². The van der Waals surface area contributed by atoms with E-state index in [0.717, 1.165) is 37.2 Å². The summed E-state index contributed by atoms with van der Waals surface area (Å²) in [6.45, 7) is 7.76. The number of fused-ring (bicyclic) bond motifs is 1. The van der Waals surface area contributed by atoms with Crippen LogP contribution in [0.25, 0.3) is 0 Å². The van der Waals surface area contributed by atoms with Gasteiger partial charge in [0.15, 0.2) is 5.69 Å². The summed E-state index contributed by atoms with van der Waals surface area (Å²) in [7, 11) is 0. The number of nitrogens with zero attached hydrogens (tertiary/aromatic N) is 2. The van der Waals surface area contributed by atoms with Crippen molar-refractivity contribution >= 4 is 5.91 Å². The minimum atomic E-state index is -0.0387. The van der Waals surface area contributed by atoms with Crippen molar-refractivity contribution in [3.8, 4) is 0 Å². The quantitative estimate of drug-likeness (QED) is 0.934. The van der Waals surface area contributed by atoms with Gasteiger partial charge in [0, 0.05) is 30.5 Å². The second kappa shape index (κ2) is 5.99. The van der Waals surface area contributed by atoms with Crippen LogP contribution < -0.4 is 0 Å². The van der Waals surface area contributed by atoms with Gasteiger partial charge in [-0.25, -0.2) is 0 Å². The molecule has 0 unspecified atom stereocenters. The number of H-pyrrole nitrogens is 1. The summed E-state index contributed by atoms with van der Waals surface area (Å²) in [6, 6.07) is 10.5. The van der Waals surface area contributed by atoms with Crippen LogP contribution in [0.5, 0.6) is 0 Å². The number of rotatable bonds is 3. The molecule has 1 N–H and O–H groups in total. The summed E-state index contributed by atoms with van der Waals surface area (Å²) in [6.07, 6.45) is 1.84. The average Bonchev–Trinajstić information content (AvgIpc) is 2.99. The number of nitrogens with one attached hydrogen (secondary N) is 1. The SMILES string of the molecule is CCC1(c2ccccc2)CN(C(=O)c2n[nH]c3c2C[C@H](C)O[C@@H]3C)C1. The highest BCUT2D eigenvalue weighted by atomic mass is 16.5. The molecule has 0 bridgehead atoms. The molecule has 2 aliphatic rings. The third-order valence-electron chi connectivity index (χ3n) is 5.77. The van der Waals surface area contributed by atoms with E-state index < -0.39 is 0 Å². The highest BCUT2D eigenvalue weighted by molar-refractivity contribution is 5.95. The van der Waals surface area contributed by atoms with Crippen molar-refractivity contribution in [1.82, 2.24) is 15.1 Å². The van der Waals surface area contributed by atoms with Crippen LogP contribution >= 0.6 is 0 Å². The van der Waals surface area contributed by atoms with E-state index in [2.05, 4.69) is 41.4 Å². The predicted octanol–water partition coefficient (Wildman–Crippen LogP) is 3.24. The molecule has 2 aliphatic heterocycles. The number of hydrogen-bond acceptors (Lipinski definition) is 3. The number of amides is 1. The number of aromatic nitrogens is 2. The van der Waals surface area contributed by atoms with Gasteiger partial charge < -0.3 is 9.64 Å². The summed E-state index contributed by atoms with van der Waals surface area (Å²) < 4.78 is 5.82. The summed E-state index contributed by atoms with van der Waals surface area (Å²) in [5, 5.41) is 7.36. The lowest BCUT2D eigenvalue weighted by Crippen LogP contribution is -2.61. The first-order valence-corrected chi connectivity index (χ1v) is 9.11. The first-order chi connectivity index (χ1) is 12.0. The Balaban J connectivity index is 1.55. The minimum Gasteiger partial charge on any atom is -0.369 e. The Bertz CT molecular complexity index is 777. The van der Waals surface area contributed by atoms with Crippen molar-refractivity contribution in [2.24, 2.45) is 0 Å². The zero-order valence-corrected chi connectivity index (χ0v) is 15.1. The Kier molecular flexibility index (Phi) is 3.91. The van der Waals surface area contributed by atoms with E-state index in [0.29, 0.717) is 5.69 Å². The van der Waals surface area contributed by atoms with Crippen LogP contribution in [0.3, 0.4) is 0 Å². The van der Waals surface area contributed by atoms with Crippen LogP contribution in [-0.4, -0.2) is 40.2 Å². The Morgan fingerprint density at radius 1 is 1.32 bits per heavy atom. The van der Waals surface area contributed by atoms with E-state index in [1.807, 2.05) is 24.8 Å². The topological polar surface area (TPSA) is 58.2 Å². The first-order valence-electron chi connectivity index (χ1n) is 9.11. The first kappa shape index (κ1) is 16.3. The number of likely N-dealkylation sites (tertiary alicyclic amines) is 1. The molecule has 0 saturated carbocycles. The molecule has 1 fully saturated rings. The molecule has 2 atom stereocenters. The lowest BCUT2D eigenvalue weighted by Gasteiger charge is -2.50. The monoisotopic (exact) mass is 339 g/mol. The van der Waals surface area contributed by atoms with Crippen molar-refractivity contribution in [2.45, 2.75) is 51.2 Å². The molecule has 0 aliphatic carbocycles. The molecule has 2 aromatic rings. The van der Waals surface area contributed by atoms with Crippen molar-refractivity contribution in [3.05, 3.63) is 52.8 Å². The highest BCUT2D eigenvalue weighted by Gasteiger charge is 2.46. The van der Waals surface area contributed by atoms with Crippen molar-refractivity contribution in [3.63, 3.8) is 0 Å². The van der Waals surface area contributed by atoms with E-state index in [1.165, 1.54) is 5.56 Å². The van der Waals surface area contributed by atoms with Gasteiger partial charge in [-0.15, -0.1) is 0 Å². The zero-order chi connectivity index (χ0) is 17.6. The maximum Gasteiger partial charge on any atom is 0.274 e. The number of benzene rings is 1. The molecule has 0 radical (unpaired) electrons. The summed E-state index contributed by atoms with van der Waals surface area (Å²) in [5.41, 5.74) is 3.96. The average molecular weight is 339 g/mol. The van der Waals surface area contributed by atoms with Crippen LogP contribution in [0, 0.1) is 0 Å². The summed E-state index contributed by atoms with van der Waals surface area (Å²) >= 11 is 0. The summed E-state index contributed by atoms with van der Waals surface area (Å²) in [4.78, 5) is 14.9. The standard InChI is InChI=1S/C20H25N3O2/c1-4-20(15-8-6-5-7-9-15)11-23(12-20)19(24)18-16-10-13(2)25-14(3)17(16)21-22-18/h5-9,13-14H,4,10-12H2,1-3H3,(H,21,22)/t13-,14+/m0/s1. The zero-order valence-electron chi connectivity index (χ0n) is 15.1. The van der Waals surface area contributed by atoms with Gasteiger partial charge >= 0.3 is 0 Å². The van der Waals surface area contributed by atoms with E-state index >= 15 is 0 Å². The fourth-order valence-corrected chi connectivity index (χ4v) is 4.23. The summed E-state index contributed by atoms with van der Waals surface area (Å²) in [5.74, 6) is 0.0406. The van der Waals surface area contributed by atoms with Crippen LogP contribution in [0.2, 0.25) is 0 Å². The largest absolute Gasteiger partial charge is 0.369 e. The van der Waals surface area contributed by atoms with E-state index in [1.54, 1.807) is 0 Å². The number of carbonyl (C=O) groups is 1. The van der Waals surface area contributed by atoms with Crippen LogP contribution in [-0.2, 0) is 16.6 Å². The Labute approximate surface area is 148 Å². The third-order valence-corrected chi connectivity index (χ3v) is 5.77. The van der Waals surface area contributed by atoms with E-state index in [4.69, 9.17) is 4.74 Å². The molecule has 3 heterocycles. The van der Waals surface area contributed by atoms with Crippen LogP contribution in [0.15, 0.2) is 30.3 Å². The van der Waals surface area contributed by atoms with Gasteiger partial charge in [0.2, 0.25) is 0 Å². The molecule has 132 valence electrons. The van der Waals surface area contributed by atoms with Gasteiger partial charge in [-0.05, 0) is 25.8 Å². The molecule has 1 amide bonds. The molecule has 5 heteroatoms. The molecule has 1 aromatic heterocycles. The van der Waals surface area contributed by atoms with Gasteiger partial charge in [0.1, 0.15) is 0 Å². The van der Waals surface area contributed by atoms with Crippen molar-refractivity contribution in [2.75, 3.05) is 13.1 Å². The predicted molar refractivity (Wildman–Crippen MR) is 95.6 cm³/mol. The van der Waals surface area contributed by atoms with Gasteiger partial charge in [0.25, 0.3) is 5.91 Å². The molecule has 1 saturated heterocycles. The molecule has 25 heavy (non-hydrogen) atoms. The maximum atomic E-state index is 13.0. The van der Waals surface area contributed by atoms with Crippen LogP contribution in [0.1, 0.15) is 60.6 Å². The van der Waals surface area contributed by atoms with Gasteiger partial charge in [-0.3, -0.25) is 9.89 Å². The maximum absolute atomic E-state index is 13.0. The second-order valence-electron chi connectivity index (χ2n) is 7.42. The van der Waals surface area contributed by atoms with Crippen LogP contribution in [0.4, 0.5) is 0 Å². The molecular formula is C20H25N3O2. The Morgan fingerprint density at radius 3 is 2.72 bits per heavy atom. The molecule has 0 spiro atoms. The number of aromatic amines is 1. The highest BCUT2D eigenvalue weighted by Crippen LogP contribution is 2.39. The van der Waals surface area contributed by atoms with Gasteiger partial charge in [0.05, 0.1) is 17.9 Å². The third kappa shape index (κ3) is 2.58. The molecular weight excluding hydrogens is 314 g/mol. The number of carbonyl (C=O) groups excluding carboxylic acids is 1. The number of hydrogen-bond donors (Lipinski definition) is 1. The Hall–Kier alpha value is -2.14. The lowest BCUT2D eigenvalue weighted by atomic mass is 9.71. The fraction of sp³-hybridized carbons (Fsp3) is 0.500. The van der Waals surface area contributed by atoms with Crippen molar-refractivity contribution < 1.29 is 9.53 Å². The van der Waals surface area contributed by atoms with Crippen molar-refractivity contribution in [1.29, 1.82) is 0 Å². The molecule has 5 nitrogen and oxygen atoms in total. The molecule has 1 aromatic carbocycles.